The van der Waals surface area contributed by atoms with Crippen molar-refractivity contribution in [3.8, 4) is 0 Å². The van der Waals surface area contributed by atoms with Gasteiger partial charge in [-0.2, -0.15) is 0 Å². The molecule has 0 heterocycles. The highest BCUT2D eigenvalue weighted by molar-refractivity contribution is 4.45. The summed E-state index contributed by atoms with van der Waals surface area (Å²) in [4.78, 5) is 0. The molecule has 0 aliphatic carbocycles. The third kappa shape index (κ3) is 31.6. The van der Waals surface area contributed by atoms with Gasteiger partial charge in [0.05, 0.1) is 106 Å². The highest BCUT2D eigenvalue weighted by Gasteiger charge is 1.96. The molecule has 0 bridgehead atoms. The summed E-state index contributed by atoms with van der Waals surface area (Å²) >= 11 is 0. The molecule has 0 atom stereocenters. The van der Waals surface area contributed by atoms with Gasteiger partial charge in [-0.3, -0.25) is 0 Å². The van der Waals surface area contributed by atoms with Gasteiger partial charge in [-0.15, -0.1) is 0 Å². The predicted octanol–water partition coefficient (Wildman–Crippen LogP) is 2.86. The van der Waals surface area contributed by atoms with Crippen molar-refractivity contribution >= 4 is 0 Å². The van der Waals surface area contributed by atoms with E-state index in [0.717, 1.165) is 13.0 Å². The average Bonchev–Trinajstić information content (AvgIpc) is 2.85. The van der Waals surface area contributed by atoms with Gasteiger partial charge in [-0.25, -0.2) is 0 Å². The van der Waals surface area contributed by atoms with Crippen LogP contribution < -0.4 is 0 Å². The summed E-state index contributed by atoms with van der Waals surface area (Å²) < 4.78 is 43.2. The van der Waals surface area contributed by atoms with Gasteiger partial charge in [0.1, 0.15) is 0 Å². The molecule has 9 heteroatoms. The molecule has 0 aliphatic heterocycles. The number of aliphatic hydroxyl groups is 1. The van der Waals surface area contributed by atoms with Crippen LogP contribution in [0.25, 0.3) is 0 Å². The van der Waals surface area contributed by atoms with Crippen molar-refractivity contribution in [3.05, 3.63) is 0 Å². The molecular formula is C25H52O9. The van der Waals surface area contributed by atoms with Crippen LogP contribution in [0.3, 0.4) is 0 Å². The molecule has 34 heavy (non-hydrogen) atoms. The predicted molar refractivity (Wildman–Crippen MR) is 132 cm³/mol. The van der Waals surface area contributed by atoms with E-state index in [9.17, 15) is 0 Å². The minimum atomic E-state index is 0.0351. The van der Waals surface area contributed by atoms with E-state index < -0.39 is 0 Å². The van der Waals surface area contributed by atoms with Crippen LogP contribution in [0.2, 0.25) is 0 Å². The lowest BCUT2D eigenvalue weighted by Gasteiger charge is -2.08. The fourth-order valence-corrected chi connectivity index (χ4v) is 2.87. The fraction of sp³-hybridized carbons (Fsp3) is 1.00. The van der Waals surface area contributed by atoms with E-state index in [1.54, 1.807) is 0 Å². The molecule has 0 fully saturated rings. The Morgan fingerprint density at radius 1 is 0.324 bits per heavy atom. The van der Waals surface area contributed by atoms with Gasteiger partial charge in [-0.05, 0) is 6.42 Å². The summed E-state index contributed by atoms with van der Waals surface area (Å²) in [6, 6.07) is 0. The van der Waals surface area contributed by atoms with Crippen molar-refractivity contribution < 1.29 is 43.0 Å². The molecule has 0 aromatic carbocycles. The van der Waals surface area contributed by atoms with E-state index in [0.29, 0.717) is 99.1 Å². The van der Waals surface area contributed by atoms with Gasteiger partial charge in [0.15, 0.2) is 0 Å². The zero-order valence-electron chi connectivity index (χ0n) is 21.7. The summed E-state index contributed by atoms with van der Waals surface area (Å²) in [6.07, 6.45) is 9.12. The second kappa shape index (κ2) is 32.6. The first kappa shape index (κ1) is 33.6. The maximum atomic E-state index is 8.55. The second-order valence-electron chi connectivity index (χ2n) is 7.74. The molecule has 0 radical (unpaired) electrons. The Labute approximate surface area is 207 Å². The van der Waals surface area contributed by atoms with E-state index >= 15 is 0 Å². The highest BCUT2D eigenvalue weighted by atomic mass is 16.6. The maximum Gasteiger partial charge on any atom is 0.0701 e. The molecule has 0 saturated carbocycles. The van der Waals surface area contributed by atoms with Crippen LogP contribution in [-0.2, 0) is 37.9 Å². The van der Waals surface area contributed by atoms with E-state index in [-0.39, 0.29) is 6.61 Å². The molecule has 0 aromatic rings. The zero-order valence-corrected chi connectivity index (χ0v) is 21.7. The van der Waals surface area contributed by atoms with Gasteiger partial charge in [0, 0.05) is 6.61 Å². The summed E-state index contributed by atoms with van der Waals surface area (Å²) in [5, 5.41) is 8.55. The van der Waals surface area contributed by atoms with Crippen LogP contribution in [0, 0.1) is 0 Å². The van der Waals surface area contributed by atoms with Crippen molar-refractivity contribution in [1.82, 2.24) is 0 Å². The van der Waals surface area contributed by atoms with Crippen LogP contribution in [0.15, 0.2) is 0 Å². The van der Waals surface area contributed by atoms with Crippen molar-refractivity contribution in [1.29, 1.82) is 0 Å². The normalized spacial score (nSPS) is 11.5. The lowest BCUT2D eigenvalue weighted by atomic mass is 10.1. The Morgan fingerprint density at radius 2 is 0.588 bits per heavy atom. The molecule has 1 N–H and O–H groups in total. The first-order valence-corrected chi connectivity index (χ1v) is 13.1. The minimum Gasteiger partial charge on any atom is -0.394 e. The second-order valence-corrected chi connectivity index (χ2v) is 7.74. The molecule has 0 spiro atoms. The van der Waals surface area contributed by atoms with Crippen LogP contribution in [0.5, 0.6) is 0 Å². The van der Waals surface area contributed by atoms with Crippen molar-refractivity contribution in [2.75, 3.05) is 112 Å². The third-order valence-electron chi connectivity index (χ3n) is 4.73. The summed E-state index contributed by atoms with van der Waals surface area (Å²) in [7, 11) is 0. The highest BCUT2D eigenvalue weighted by Crippen LogP contribution is 2.06. The van der Waals surface area contributed by atoms with Gasteiger partial charge < -0.3 is 43.0 Å². The van der Waals surface area contributed by atoms with Gasteiger partial charge in [0.25, 0.3) is 0 Å². The minimum absolute atomic E-state index is 0.0351. The molecule has 0 aliphatic rings. The van der Waals surface area contributed by atoms with Gasteiger partial charge in [-0.1, -0.05) is 45.4 Å². The molecular weight excluding hydrogens is 444 g/mol. The maximum absolute atomic E-state index is 8.55. The Bertz CT molecular complexity index is 316. The summed E-state index contributed by atoms with van der Waals surface area (Å²) in [5.41, 5.74) is 0. The number of rotatable bonds is 31. The number of ether oxygens (including phenoxy) is 8. The first-order valence-electron chi connectivity index (χ1n) is 13.1. The number of hydrogen-bond donors (Lipinski definition) is 1. The first-order chi connectivity index (χ1) is 16.9. The Balaban J connectivity index is 2.99. The van der Waals surface area contributed by atoms with Crippen LogP contribution >= 0.6 is 0 Å². The smallest absolute Gasteiger partial charge is 0.0701 e. The standard InChI is InChI=1S/C25H52O9/c1-2-3-4-5-6-7-8-10-27-12-14-29-16-18-31-20-22-33-24-25-34-23-21-32-19-17-30-15-13-28-11-9-26/h26H,2-25H2,1H3. The average molecular weight is 497 g/mol. The largest absolute Gasteiger partial charge is 0.394 e. The van der Waals surface area contributed by atoms with E-state index in [2.05, 4.69) is 6.92 Å². The summed E-state index contributed by atoms with van der Waals surface area (Å²) in [5.74, 6) is 0. The molecule has 0 saturated heterocycles. The molecule has 0 rings (SSSR count). The zero-order chi connectivity index (χ0) is 24.6. The monoisotopic (exact) mass is 496 g/mol. The van der Waals surface area contributed by atoms with E-state index in [1.807, 2.05) is 0 Å². The van der Waals surface area contributed by atoms with Crippen LogP contribution in [-0.4, -0.2) is 117 Å². The van der Waals surface area contributed by atoms with Crippen molar-refractivity contribution in [3.63, 3.8) is 0 Å². The lowest BCUT2D eigenvalue weighted by Crippen LogP contribution is -2.15. The van der Waals surface area contributed by atoms with Crippen LogP contribution in [0.1, 0.15) is 51.9 Å². The van der Waals surface area contributed by atoms with Crippen molar-refractivity contribution in [2.24, 2.45) is 0 Å². The Hall–Kier alpha value is -0.360. The lowest BCUT2D eigenvalue weighted by molar-refractivity contribution is -0.0238. The Kier molecular flexibility index (Phi) is 32.3. The third-order valence-corrected chi connectivity index (χ3v) is 4.73. The van der Waals surface area contributed by atoms with Crippen molar-refractivity contribution in [2.45, 2.75) is 51.9 Å². The quantitative estimate of drug-likeness (QED) is 0.145. The molecule has 0 aromatic heterocycles. The fourth-order valence-electron chi connectivity index (χ4n) is 2.87. The van der Waals surface area contributed by atoms with Crippen LogP contribution in [0.4, 0.5) is 0 Å². The van der Waals surface area contributed by atoms with Gasteiger partial charge in [0.2, 0.25) is 0 Å². The topological polar surface area (TPSA) is 94.1 Å². The number of aliphatic hydroxyl groups excluding tert-OH is 1. The summed E-state index contributed by atoms with van der Waals surface area (Å²) in [6.45, 7) is 11.1. The number of hydrogen-bond acceptors (Lipinski definition) is 9. The molecule has 206 valence electrons. The van der Waals surface area contributed by atoms with Gasteiger partial charge >= 0.3 is 0 Å². The van der Waals surface area contributed by atoms with E-state index in [1.165, 1.54) is 38.5 Å². The molecule has 0 amide bonds. The Morgan fingerprint density at radius 3 is 0.912 bits per heavy atom. The van der Waals surface area contributed by atoms with E-state index in [4.69, 9.17) is 43.0 Å². The number of unbranched alkanes of at least 4 members (excludes halogenated alkanes) is 6. The molecule has 9 nitrogen and oxygen atoms in total. The SMILES string of the molecule is CCCCCCCCCOCCOCCOCCOCCOCCOCCOCCOCCO. The molecule has 0 unspecified atom stereocenters.